The maximum Gasteiger partial charge on any atom is 0.410 e. The molecular weight excluding hydrogens is 449 g/mol. The van der Waals surface area contributed by atoms with Crippen LogP contribution in [-0.4, -0.2) is 47.1 Å². The smallest absolute Gasteiger partial charge is 0.410 e. The summed E-state index contributed by atoms with van der Waals surface area (Å²) in [4.78, 5) is 31.7. The van der Waals surface area contributed by atoms with Crippen molar-refractivity contribution in [2.24, 2.45) is 0 Å². The normalized spacial score (nSPS) is 17.7. The van der Waals surface area contributed by atoms with E-state index in [-0.39, 0.29) is 17.8 Å². The van der Waals surface area contributed by atoms with E-state index < -0.39 is 11.0 Å². The highest BCUT2D eigenvalue weighted by Gasteiger charge is 2.55. The van der Waals surface area contributed by atoms with Gasteiger partial charge < -0.3 is 19.4 Å². The number of fused-ring (bicyclic) bond motifs is 6. The second kappa shape index (κ2) is 7.41. The fourth-order valence-corrected chi connectivity index (χ4v) is 5.31. The zero-order valence-electron chi connectivity index (χ0n) is 19.9. The molecule has 1 N–H and O–H groups in total. The number of hydrogen-bond donors (Lipinski definition) is 1. The Morgan fingerprint density at radius 3 is 2.77 bits per heavy atom. The summed E-state index contributed by atoms with van der Waals surface area (Å²) in [6.07, 6.45) is 2.84. The number of carbonyl (C=O) groups is 2. The molecule has 2 amide bonds. The minimum Gasteiger partial charge on any atom is -0.459 e. The molecule has 2 aromatic heterocycles. The second-order valence-electron chi connectivity index (χ2n) is 10.7. The van der Waals surface area contributed by atoms with Gasteiger partial charge in [-0.05, 0) is 57.4 Å². The third-order valence-corrected chi connectivity index (χ3v) is 6.94. The Kier molecular flexibility index (Phi) is 4.62. The Hall–Kier alpha value is -3.68. The van der Waals surface area contributed by atoms with E-state index in [1.54, 1.807) is 11.0 Å². The molecule has 1 fully saturated rings. The SMILES string of the molecule is CC(C)(C)OC(=O)N1CC2(CNC(=O)c3c2oc2c3CCc3cnc(-c4cccc(F)c4)cc3-2)C1. The lowest BCUT2D eigenvalue weighted by atomic mass is 9.73. The highest BCUT2D eigenvalue weighted by molar-refractivity contribution is 6.01. The molecule has 1 aliphatic carbocycles. The number of amides is 2. The van der Waals surface area contributed by atoms with Crippen molar-refractivity contribution in [2.75, 3.05) is 19.6 Å². The predicted molar refractivity (Wildman–Crippen MR) is 127 cm³/mol. The van der Waals surface area contributed by atoms with E-state index in [4.69, 9.17) is 9.15 Å². The monoisotopic (exact) mass is 475 g/mol. The molecule has 0 atom stereocenters. The first-order valence-electron chi connectivity index (χ1n) is 11.8. The van der Waals surface area contributed by atoms with Gasteiger partial charge >= 0.3 is 6.09 Å². The fourth-order valence-electron chi connectivity index (χ4n) is 5.31. The van der Waals surface area contributed by atoms with E-state index in [9.17, 15) is 14.0 Å². The molecule has 3 aromatic rings. The summed E-state index contributed by atoms with van der Waals surface area (Å²) in [6, 6.07) is 8.24. The maximum absolute atomic E-state index is 13.8. The summed E-state index contributed by atoms with van der Waals surface area (Å²) in [5, 5.41) is 3.01. The van der Waals surface area contributed by atoms with Gasteiger partial charge in [-0.25, -0.2) is 9.18 Å². The molecule has 1 spiro atoms. The van der Waals surface area contributed by atoms with Gasteiger partial charge in [-0.2, -0.15) is 0 Å². The predicted octanol–water partition coefficient (Wildman–Crippen LogP) is 4.48. The molecule has 35 heavy (non-hydrogen) atoms. The van der Waals surface area contributed by atoms with Crippen LogP contribution >= 0.6 is 0 Å². The number of hydrogen-bond acceptors (Lipinski definition) is 5. The summed E-state index contributed by atoms with van der Waals surface area (Å²) in [6.45, 7) is 6.75. The van der Waals surface area contributed by atoms with E-state index in [0.717, 1.165) is 23.1 Å². The van der Waals surface area contributed by atoms with Crippen molar-refractivity contribution in [1.82, 2.24) is 15.2 Å². The summed E-state index contributed by atoms with van der Waals surface area (Å²) in [5.74, 6) is 0.843. The van der Waals surface area contributed by atoms with Crippen LogP contribution in [0.5, 0.6) is 0 Å². The van der Waals surface area contributed by atoms with Crippen LogP contribution in [0.15, 0.2) is 40.9 Å². The number of pyridine rings is 1. The Morgan fingerprint density at radius 1 is 1.23 bits per heavy atom. The number of rotatable bonds is 1. The van der Waals surface area contributed by atoms with Crippen LogP contribution < -0.4 is 5.32 Å². The van der Waals surface area contributed by atoms with Crippen molar-refractivity contribution >= 4 is 12.0 Å². The topological polar surface area (TPSA) is 84.7 Å². The summed E-state index contributed by atoms with van der Waals surface area (Å²) in [5.41, 5.74) is 3.65. The van der Waals surface area contributed by atoms with Gasteiger partial charge in [-0.15, -0.1) is 0 Å². The summed E-state index contributed by atoms with van der Waals surface area (Å²) < 4.78 is 25.8. The number of ether oxygens (including phenoxy) is 1. The number of benzene rings is 1. The van der Waals surface area contributed by atoms with E-state index >= 15 is 0 Å². The molecule has 8 heteroatoms. The zero-order chi connectivity index (χ0) is 24.5. The average molecular weight is 476 g/mol. The van der Waals surface area contributed by atoms with Gasteiger partial charge in [-0.1, -0.05) is 12.1 Å². The van der Waals surface area contributed by atoms with Gasteiger partial charge in [0.05, 0.1) is 16.7 Å². The van der Waals surface area contributed by atoms with E-state index in [2.05, 4.69) is 10.3 Å². The van der Waals surface area contributed by atoms with Crippen LogP contribution in [0, 0.1) is 5.82 Å². The molecule has 4 heterocycles. The Labute approximate surface area is 202 Å². The number of carbonyl (C=O) groups excluding carboxylic acids is 2. The fraction of sp³-hybridized carbons (Fsp3) is 0.370. The van der Waals surface area contributed by atoms with Gasteiger partial charge in [0, 0.05) is 42.5 Å². The quantitative estimate of drug-likeness (QED) is 0.561. The molecule has 6 rings (SSSR count). The first-order chi connectivity index (χ1) is 16.6. The average Bonchev–Trinajstić information content (AvgIpc) is 3.18. The molecule has 180 valence electrons. The largest absolute Gasteiger partial charge is 0.459 e. The lowest BCUT2D eigenvalue weighted by Crippen LogP contribution is -2.67. The number of likely N-dealkylation sites (tertiary alicyclic amines) is 1. The number of halogens is 1. The van der Waals surface area contributed by atoms with Crippen molar-refractivity contribution in [3.05, 3.63) is 64.8 Å². The number of aromatic nitrogens is 1. The van der Waals surface area contributed by atoms with Crippen molar-refractivity contribution in [2.45, 2.75) is 44.6 Å². The molecule has 2 aliphatic heterocycles. The molecular formula is C27H26FN3O4. The zero-order valence-corrected chi connectivity index (χ0v) is 19.9. The van der Waals surface area contributed by atoms with Crippen molar-refractivity contribution in [3.8, 4) is 22.6 Å². The molecule has 0 radical (unpaired) electrons. The van der Waals surface area contributed by atoms with Crippen molar-refractivity contribution in [3.63, 3.8) is 0 Å². The lowest BCUT2D eigenvalue weighted by Gasteiger charge is -2.50. The third kappa shape index (κ3) is 3.50. The van der Waals surface area contributed by atoms with Gasteiger partial charge in [-0.3, -0.25) is 9.78 Å². The van der Waals surface area contributed by atoms with Crippen LogP contribution in [0.2, 0.25) is 0 Å². The molecule has 1 aromatic carbocycles. The summed E-state index contributed by atoms with van der Waals surface area (Å²) >= 11 is 0. The van der Waals surface area contributed by atoms with Gasteiger partial charge in [0.25, 0.3) is 5.91 Å². The Morgan fingerprint density at radius 2 is 2.03 bits per heavy atom. The standard InChI is InChI=1S/C27H26FN3O4/c1-26(2,3)35-25(33)31-13-27(14-31)12-30-24(32)21-18-8-7-16-11-29-20(15-5-4-6-17(28)9-15)10-19(16)22(18)34-23(21)27/h4-6,9-11H,7-8,12-14H2,1-3H3,(H,30,32). The maximum atomic E-state index is 13.8. The molecule has 0 unspecified atom stereocenters. The van der Waals surface area contributed by atoms with Gasteiger partial charge in [0.15, 0.2) is 0 Å². The van der Waals surface area contributed by atoms with Gasteiger partial charge in [0.2, 0.25) is 0 Å². The highest BCUT2D eigenvalue weighted by atomic mass is 19.1. The van der Waals surface area contributed by atoms with Crippen molar-refractivity contribution in [1.29, 1.82) is 0 Å². The van der Waals surface area contributed by atoms with Crippen LogP contribution in [-0.2, 0) is 23.0 Å². The number of aryl methyl sites for hydroxylation is 1. The molecule has 0 saturated carbocycles. The van der Waals surface area contributed by atoms with E-state index in [1.165, 1.54) is 12.1 Å². The van der Waals surface area contributed by atoms with Crippen LogP contribution in [0.25, 0.3) is 22.6 Å². The van der Waals surface area contributed by atoms with Crippen LogP contribution in [0.3, 0.4) is 0 Å². The number of furan rings is 1. The minimum atomic E-state index is -0.577. The molecule has 7 nitrogen and oxygen atoms in total. The lowest BCUT2D eigenvalue weighted by molar-refractivity contribution is -0.0148. The minimum absolute atomic E-state index is 0.144. The first kappa shape index (κ1) is 21.8. The summed E-state index contributed by atoms with van der Waals surface area (Å²) in [7, 11) is 0. The first-order valence-corrected chi connectivity index (χ1v) is 11.8. The van der Waals surface area contributed by atoms with E-state index in [1.807, 2.05) is 39.1 Å². The number of nitrogens with zero attached hydrogens (tertiary/aromatic N) is 2. The molecule has 3 aliphatic rings. The Balaban J connectivity index is 1.38. The second-order valence-corrected chi connectivity index (χ2v) is 10.7. The van der Waals surface area contributed by atoms with Crippen LogP contribution in [0.1, 0.15) is 48.0 Å². The van der Waals surface area contributed by atoms with E-state index in [0.29, 0.717) is 54.4 Å². The van der Waals surface area contributed by atoms with Gasteiger partial charge in [0.1, 0.15) is 22.9 Å². The van der Waals surface area contributed by atoms with Crippen LogP contribution in [0.4, 0.5) is 9.18 Å². The van der Waals surface area contributed by atoms with Crippen molar-refractivity contribution < 1.29 is 23.1 Å². The highest BCUT2D eigenvalue weighted by Crippen LogP contribution is 2.47. The molecule has 1 saturated heterocycles. The Bertz CT molecular complexity index is 1380. The number of nitrogens with one attached hydrogen (secondary N) is 1. The molecule has 0 bridgehead atoms. The third-order valence-electron chi connectivity index (χ3n) is 6.94.